The van der Waals surface area contributed by atoms with E-state index in [0.29, 0.717) is 0 Å². The van der Waals surface area contributed by atoms with E-state index in [9.17, 15) is 19.7 Å². The monoisotopic (exact) mass is 330 g/mol. The highest BCUT2D eigenvalue weighted by atomic mass is 32.1. The van der Waals surface area contributed by atoms with Gasteiger partial charge in [-0.05, 0) is 29.8 Å². The van der Waals surface area contributed by atoms with Crippen LogP contribution in [0.15, 0.2) is 41.5 Å². The summed E-state index contributed by atoms with van der Waals surface area (Å²) in [6.07, 6.45) is 1.50. The number of imide groups is 1. The molecule has 0 aliphatic carbocycles. The number of carbonyl (C=O) groups is 2. The van der Waals surface area contributed by atoms with Gasteiger partial charge in [-0.3, -0.25) is 20.2 Å². The first-order valence-corrected chi connectivity index (χ1v) is 7.34. The van der Waals surface area contributed by atoms with Crippen molar-refractivity contribution in [2.45, 2.75) is 0 Å². The molecule has 0 saturated carbocycles. The molecule has 1 aliphatic rings. The summed E-state index contributed by atoms with van der Waals surface area (Å²) in [6, 6.07) is 9.39. The average molecular weight is 330 g/mol. The minimum Gasteiger partial charge on any atom is -0.275 e. The van der Waals surface area contributed by atoms with E-state index < -0.39 is 11.0 Å². The molecule has 1 aromatic carbocycles. The molecule has 0 bridgehead atoms. The fraction of sp³-hybridized carbons (Fsp3) is 0.0714. The number of thiophene rings is 1. The molecule has 0 spiro atoms. The quantitative estimate of drug-likeness (QED) is 0.401. The van der Waals surface area contributed by atoms with Crippen molar-refractivity contribution in [3.63, 3.8) is 0 Å². The van der Waals surface area contributed by atoms with E-state index in [1.165, 1.54) is 29.7 Å². The SMILES string of the molecule is O=C1CN(N=Cc2ccc(-c3ccc([N+](=O)[O-])cc3)s2)C(=O)N1. The molecule has 1 aliphatic heterocycles. The molecule has 1 aromatic heterocycles. The number of hydrazone groups is 1. The van der Waals surface area contributed by atoms with E-state index in [1.807, 2.05) is 12.1 Å². The van der Waals surface area contributed by atoms with Gasteiger partial charge < -0.3 is 0 Å². The largest absolute Gasteiger partial charge is 0.344 e. The molecule has 2 aromatic rings. The lowest BCUT2D eigenvalue weighted by Gasteiger charge is -2.02. The number of non-ortho nitro benzene ring substituents is 1. The highest BCUT2D eigenvalue weighted by Gasteiger charge is 2.25. The molecule has 1 N–H and O–H groups in total. The van der Waals surface area contributed by atoms with Crippen molar-refractivity contribution in [1.29, 1.82) is 0 Å². The van der Waals surface area contributed by atoms with Crippen molar-refractivity contribution in [2.24, 2.45) is 5.10 Å². The molecule has 0 unspecified atom stereocenters. The Morgan fingerprint density at radius 3 is 2.57 bits per heavy atom. The summed E-state index contributed by atoms with van der Waals surface area (Å²) in [4.78, 5) is 34.3. The van der Waals surface area contributed by atoms with E-state index in [2.05, 4.69) is 10.4 Å². The Morgan fingerprint density at radius 2 is 1.96 bits per heavy atom. The highest BCUT2D eigenvalue weighted by molar-refractivity contribution is 7.17. The van der Waals surface area contributed by atoms with E-state index in [-0.39, 0.29) is 18.1 Å². The van der Waals surface area contributed by atoms with Gasteiger partial charge in [-0.1, -0.05) is 0 Å². The van der Waals surface area contributed by atoms with Gasteiger partial charge in [0, 0.05) is 21.9 Å². The van der Waals surface area contributed by atoms with Gasteiger partial charge in [0.15, 0.2) is 0 Å². The van der Waals surface area contributed by atoms with Crippen molar-refractivity contribution in [3.05, 3.63) is 51.4 Å². The standard InChI is InChI=1S/C14H10N4O4S/c19-13-8-17(14(20)16-13)15-7-11-5-6-12(23-11)9-1-3-10(4-2-9)18(21)22/h1-7H,8H2,(H,16,19,20). The number of nitro groups is 1. The lowest BCUT2D eigenvalue weighted by Crippen LogP contribution is -2.24. The first-order valence-electron chi connectivity index (χ1n) is 6.53. The number of rotatable bonds is 4. The lowest BCUT2D eigenvalue weighted by molar-refractivity contribution is -0.384. The third-order valence-electron chi connectivity index (χ3n) is 3.09. The smallest absolute Gasteiger partial charge is 0.275 e. The van der Waals surface area contributed by atoms with Crippen LogP contribution < -0.4 is 5.32 Å². The Kier molecular flexibility index (Phi) is 3.85. The molecule has 3 rings (SSSR count). The van der Waals surface area contributed by atoms with E-state index in [4.69, 9.17) is 0 Å². The number of carbonyl (C=O) groups excluding carboxylic acids is 2. The zero-order chi connectivity index (χ0) is 16.4. The van der Waals surface area contributed by atoms with Gasteiger partial charge >= 0.3 is 6.03 Å². The fourth-order valence-corrected chi connectivity index (χ4v) is 2.86. The maximum absolute atomic E-state index is 11.3. The molecule has 8 nitrogen and oxygen atoms in total. The maximum atomic E-state index is 11.3. The number of benzene rings is 1. The van der Waals surface area contributed by atoms with Crippen LogP contribution in [0.2, 0.25) is 0 Å². The molecule has 9 heteroatoms. The second-order valence-corrected chi connectivity index (χ2v) is 5.78. The van der Waals surface area contributed by atoms with Gasteiger partial charge in [0.2, 0.25) is 5.91 Å². The molecule has 0 atom stereocenters. The van der Waals surface area contributed by atoms with Crippen molar-refractivity contribution in [3.8, 4) is 10.4 Å². The Labute approximate surface area is 134 Å². The summed E-state index contributed by atoms with van der Waals surface area (Å²) in [5.41, 5.74) is 0.895. The van der Waals surface area contributed by atoms with Crippen LogP contribution in [-0.2, 0) is 4.79 Å². The number of urea groups is 1. The average Bonchev–Trinajstić information content (AvgIpc) is 3.11. The van der Waals surface area contributed by atoms with Gasteiger partial charge in [-0.2, -0.15) is 5.10 Å². The molecule has 2 heterocycles. The Balaban J connectivity index is 1.74. The first-order chi connectivity index (χ1) is 11.0. The molecule has 0 radical (unpaired) electrons. The van der Waals surface area contributed by atoms with E-state index in [1.54, 1.807) is 12.1 Å². The minimum atomic E-state index is -0.543. The van der Waals surface area contributed by atoms with Gasteiger partial charge in [0.05, 0.1) is 11.1 Å². The molecular weight excluding hydrogens is 320 g/mol. The topological polar surface area (TPSA) is 105 Å². The fourth-order valence-electron chi connectivity index (χ4n) is 1.98. The summed E-state index contributed by atoms with van der Waals surface area (Å²) in [5, 5.41) is 17.8. The van der Waals surface area contributed by atoms with Crippen LogP contribution in [0.5, 0.6) is 0 Å². The van der Waals surface area contributed by atoms with Gasteiger partial charge in [0.25, 0.3) is 5.69 Å². The molecule has 23 heavy (non-hydrogen) atoms. The number of nitrogens with one attached hydrogen (secondary N) is 1. The van der Waals surface area contributed by atoms with Crippen LogP contribution in [0.3, 0.4) is 0 Å². The number of nitrogens with zero attached hydrogens (tertiary/aromatic N) is 3. The molecule has 116 valence electrons. The van der Waals surface area contributed by atoms with Crippen molar-refractivity contribution >= 4 is 35.2 Å². The molecule has 1 saturated heterocycles. The summed E-state index contributed by atoms with van der Waals surface area (Å²) < 4.78 is 0. The number of hydrogen-bond donors (Lipinski definition) is 1. The van der Waals surface area contributed by atoms with Crippen molar-refractivity contribution in [1.82, 2.24) is 10.3 Å². The lowest BCUT2D eigenvalue weighted by atomic mass is 10.2. The predicted octanol–water partition coefficient (Wildman–Crippen LogP) is 2.21. The van der Waals surface area contributed by atoms with Crippen LogP contribution in [0, 0.1) is 10.1 Å². The molecule has 1 fully saturated rings. The number of hydrogen-bond acceptors (Lipinski definition) is 6. The highest BCUT2D eigenvalue weighted by Crippen LogP contribution is 2.28. The van der Waals surface area contributed by atoms with Gasteiger partial charge in [-0.25, -0.2) is 9.80 Å². The number of amides is 3. The first kappa shape index (κ1) is 14.9. The maximum Gasteiger partial charge on any atom is 0.344 e. The van der Waals surface area contributed by atoms with E-state index in [0.717, 1.165) is 20.3 Å². The Bertz CT molecular complexity index is 812. The Hall–Kier alpha value is -3.07. The molecular formula is C14H10N4O4S. The van der Waals surface area contributed by atoms with Crippen LogP contribution in [-0.4, -0.2) is 34.6 Å². The summed E-state index contributed by atoms with van der Waals surface area (Å²) in [6.45, 7) is -0.0874. The van der Waals surface area contributed by atoms with Crippen LogP contribution in [0.25, 0.3) is 10.4 Å². The predicted molar refractivity (Wildman–Crippen MR) is 84.2 cm³/mol. The second-order valence-electron chi connectivity index (χ2n) is 4.66. The van der Waals surface area contributed by atoms with Crippen molar-refractivity contribution < 1.29 is 14.5 Å². The zero-order valence-corrected chi connectivity index (χ0v) is 12.4. The van der Waals surface area contributed by atoms with Crippen LogP contribution in [0.4, 0.5) is 10.5 Å². The summed E-state index contributed by atoms with van der Waals surface area (Å²) >= 11 is 1.42. The summed E-state index contributed by atoms with van der Waals surface area (Å²) in [5.74, 6) is -0.384. The summed E-state index contributed by atoms with van der Waals surface area (Å²) in [7, 11) is 0. The minimum absolute atomic E-state index is 0.0387. The number of nitro benzene ring substituents is 1. The van der Waals surface area contributed by atoms with Crippen molar-refractivity contribution in [2.75, 3.05) is 6.54 Å². The second kappa shape index (κ2) is 5.97. The van der Waals surface area contributed by atoms with Crippen LogP contribution in [0.1, 0.15) is 4.88 Å². The van der Waals surface area contributed by atoms with Gasteiger partial charge in [0.1, 0.15) is 6.54 Å². The van der Waals surface area contributed by atoms with Crippen LogP contribution >= 0.6 is 11.3 Å². The molecule has 3 amide bonds. The van der Waals surface area contributed by atoms with Gasteiger partial charge in [-0.15, -0.1) is 11.3 Å². The zero-order valence-electron chi connectivity index (χ0n) is 11.6. The Morgan fingerprint density at radius 1 is 1.22 bits per heavy atom. The normalized spacial score (nSPS) is 14.5. The third-order valence-corrected chi connectivity index (χ3v) is 4.16. The van der Waals surface area contributed by atoms with E-state index >= 15 is 0 Å². The third kappa shape index (κ3) is 3.24.